The number of nitrogens with one attached hydrogen (secondary N) is 1. The van der Waals surface area contributed by atoms with Gasteiger partial charge in [0.2, 0.25) is 0 Å². The topological polar surface area (TPSA) is 59.0 Å². The van der Waals surface area contributed by atoms with Crippen molar-refractivity contribution in [3.63, 3.8) is 0 Å². The van der Waals surface area contributed by atoms with Crippen LogP contribution in [0.4, 0.5) is 11.4 Å². The summed E-state index contributed by atoms with van der Waals surface area (Å²) in [5.41, 5.74) is 3.12. The van der Waals surface area contributed by atoms with E-state index in [2.05, 4.69) is 21.2 Å². The molecule has 1 aromatic rings. The van der Waals surface area contributed by atoms with Crippen molar-refractivity contribution in [2.75, 3.05) is 57.7 Å². The summed E-state index contributed by atoms with van der Waals surface area (Å²) < 4.78 is 0. The highest BCUT2D eigenvalue weighted by atomic mass is 16.3. The second kappa shape index (κ2) is 10.5. The lowest BCUT2D eigenvalue weighted by Crippen LogP contribution is -2.23. The van der Waals surface area contributed by atoms with Crippen molar-refractivity contribution >= 4 is 11.4 Å². The van der Waals surface area contributed by atoms with Gasteiger partial charge in [0.25, 0.3) is 0 Å². The Kier molecular flexibility index (Phi) is 8.99. The normalized spacial score (nSPS) is 12.3. The van der Waals surface area contributed by atoms with Gasteiger partial charge >= 0.3 is 0 Å². The van der Waals surface area contributed by atoms with Crippen molar-refractivity contribution in [3.8, 4) is 0 Å². The van der Waals surface area contributed by atoms with Crippen molar-refractivity contribution in [1.29, 1.82) is 0 Å². The highest BCUT2D eigenvalue weighted by molar-refractivity contribution is 5.61. The molecule has 0 bridgehead atoms. The first-order valence-corrected chi connectivity index (χ1v) is 8.45. The molecule has 132 valence electrons. The SMILES string of the molecule is CN(C)c1cc(C(O)CNCCCCCCO)cc(N(C)C)c1. The molecule has 0 amide bonds. The molecular weight excluding hydrogens is 290 g/mol. The number of benzene rings is 1. The molecule has 23 heavy (non-hydrogen) atoms. The fourth-order valence-corrected chi connectivity index (χ4v) is 2.40. The van der Waals surface area contributed by atoms with Crippen LogP contribution in [0.5, 0.6) is 0 Å². The lowest BCUT2D eigenvalue weighted by Gasteiger charge is -2.22. The Labute approximate surface area is 140 Å². The van der Waals surface area contributed by atoms with Crippen LogP contribution in [0.3, 0.4) is 0 Å². The quantitative estimate of drug-likeness (QED) is 0.544. The summed E-state index contributed by atoms with van der Waals surface area (Å²) in [6.45, 7) is 1.74. The van der Waals surface area contributed by atoms with E-state index in [1.54, 1.807) is 0 Å². The van der Waals surface area contributed by atoms with Gasteiger partial charge in [-0.1, -0.05) is 12.8 Å². The maximum absolute atomic E-state index is 10.4. The van der Waals surface area contributed by atoms with E-state index in [9.17, 15) is 5.11 Å². The van der Waals surface area contributed by atoms with E-state index in [4.69, 9.17) is 5.11 Å². The Bertz CT molecular complexity index is 424. The largest absolute Gasteiger partial charge is 0.396 e. The van der Waals surface area contributed by atoms with Gasteiger partial charge in [-0.25, -0.2) is 0 Å². The molecule has 0 spiro atoms. The van der Waals surface area contributed by atoms with Crippen LogP contribution in [0.1, 0.15) is 37.4 Å². The van der Waals surface area contributed by atoms with Gasteiger partial charge in [0, 0.05) is 52.7 Å². The molecule has 1 rings (SSSR count). The highest BCUT2D eigenvalue weighted by Gasteiger charge is 2.11. The van der Waals surface area contributed by atoms with E-state index in [0.29, 0.717) is 6.54 Å². The number of unbranched alkanes of at least 4 members (excludes halogenated alkanes) is 3. The molecule has 0 aliphatic rings. The summed E-state index contributed by atoms with van der Waals surface area (Å²) in [7, 11) is 8.04. The number of aliphatic hydroxyl groups is 2. The number of aliphatic hydroxyl groups excluding tert-OH is 2. The van der Waals surface area contributed by atoms with Crippen molar-refractivity contribution in [3.05, 3.63) is 23.8 Å². The van der Waals surface area contributed by atoms with Crippen molar-refractivity contribution in [1.82, 2.24) is 5.32 Å². The average Bonchev–Trinajstić information content (AvgIpc) is 2.53. The second-order valence-electron chi connectivity index (χ2n) is 6.43. The van der Waals surface area contributed by atoms with Gasteiger partial charge in [-0.15, -0.1) is 0 Å². The summed E-state index contributed by atoms with van der Waals surface area (Å²) in [5, 5.41) is 22.5. The van der Waals surface area contributed by atoms with Crippen LogP contribution in [-0.2, 0) is 0 Å². The van der Waals surface area contributed by atoms with Gasteiger partial charge < -0.3 is 25.3 Å². The molecule has 5 heteroatoms. The molecule has 0 aliphatic carbocycles. The summed E-state index contributed by atoms with van der Waals surface area (Å²) in [5.74, 6) is 0. The summed E-state index contributed by atoms with van der Waals surface area (Å²) >= 11 is 0. The first-order chi connectivity index (χ1) is 11.0. The minimum absolute atomic E-state index is 0.280. The predicted molar refractivity (Wildman–Crippen MR) is 98.5 cm³/mol. The van der Waals surface area contributed by atoms with E-state index in [-0.39, 0.29) is 6.61 Å². The van der Waals surface area contributed by atoms with E-state index in [1.165, 1.54) is 0 Å². The van der Waals surface area contributed by atoms with Crippen LogP contribution in [0.2, 0.25) is 0 Å². The van der Waals surface area contributed by atoms with Crippen molar-refractivity contribution in [2.24, 2.45) is 0 Å². The maximum Gasteiger partial charge on any atom is 0.0915 e. The molecule has 1 aromatic carbocycles. The fourth-order valence-electron chi connectivity index (χ4n) is 2.40. The number of hydrogen-bond donors (Lipinski definition) is 3. The third-order valence-electron chi connectivity index (χ3n) is 3.94. The Morgan fingerprint density at radius 3 is 2.00 bits per heavy atom. The van der Waals surface area contributed by atoms with E-state index < -0.39 is 6.10 Å². The first kappa shape index (κ1) is 19.7. The predicted octanol–water partition coefficient (Wildman–Crippen LogP) is 1.99. The zero-order valence-electron chi connectivity index (χ0n) is 15.0. The molecule has 0 aliphatic heterocycles. The van der Waals surface area contributed by atoms with Crippen LogP contribution in [0.15, 0.2) is 18.2 Å². The lowest BCUT2D eigenvalue weighted by atomic mass is 10.1. The smallest absolute Gasteiger partial charge is 0.0915 e. The van der Waals surface area contributed by atoms with Gasteiger partial charge in [-0.2, -0.15) is 0 Å². The Morgan fingerprint density at radius 2 is 1.48 bits per heavy atom. The van der Waals surface area contributed by atoms with Gasteiger partial charge in [0.1, 0.15) is 0 Å². The van der Waals surface area contributed by atoms with E-state index in [1.807, 2.05) is 40.3 Å². The van der Waals surface area contributed by atoms with Crippen LogP contribution in [0.25, 0.3) is 0 Å². The average molecular weight is 323 g/mol. The molecule has 0 saturated carbocycles. The maximum atomic E-state index is 10.4. The minimum Gasteiger partial charge on any atom is -0.396 e. The molecule has 1 atom stereocenters. The molecule has 0 heterocycles. The first-order valence-electron chi connectivity index (χ1n) is 8.45. The molecule has 0 fully saturated rings. The van der Waals surface area contributed by atoms with Crippen LogP contribution >= 0.6 is 0 Å². The molecule has 1 unspecified atom stereocenters. The highest BCUT2D eigenvalue weighted by Crippen LogP contribution is 2.26. The van der Waals surface area contributed by atoms with Gasteiger partial charge in [0.15, 0.2) is 0 Å². The molecule has 3 N–H and O–H groups in total. The zero-order valence-corrected chi connectivity index (χ0v) is 15.0. The van der Waals surface area contributed by atoms with Crippen LogP contribution < -0.4 is 15.1 Å². The Hall–Kier alpha value is -1.30. The number of nitrogens with zero attached hydrogens (tertiary/aromatic N) is 2. The Morgan fingerprint density at radius 1 is 0.913 bits per heavy atom. The molecule has 0 aromatic heterocycles. The molecular formula is C18H33N3O2. The standard InChI is InChI=1S/C18H33N3O2/c1-20(2)16-11-15(12-17(13-16)21(3)4)18(23)14-19-9-7-5-6-8-10-22/h11-13,18-19,22-23H,5-10,14H2,1-4H3. The lowest BCUT2D eigenvalue weighted by molar-refractivity contribution is 0.174. The van der Waals surface area contributed by atoms with Gasteiger partial charge in [0.05, 0.1) is 6.10 Å². The summed E-state index contributed by atoms with van der Waals surface area (Å²) in [6.07, 6.45) is 3.63. The fraction of sp³-hybridized carbons (Fsp3) is 0.667. The van der Waals surface area contributed by atoms with Crippen LogP contribution in [-0.4, -0.2) is 58.1 Å². The van der Waals surface area contributed by atoms with Gasteiger partial charge in [-0.05, 0) is 43.1 Å². The minimum atomic E-state index is -0.508. The monoisotopic (exact) mass is 323 g/mol. The molecule has 0 radical (unpaired) electrons. The molecule has 0 saturated heterocycles. The summed E-state index contributed by atoms with van der Waals surface area (Å²) in [4.78, 5) is 4.11. The number of hydrogen-bond acceptors (Lipinski definition) is 5. The van der Waals surface area contributed by atoms with E-state index in [0.717, 1.165) is 49.2 Å². The second-order valence-corrected chi connectivity index (χ2v) is 6.43. The number of anilines is 2. The van der Waals surface area contributed by atoms with Crippen LogP contribution in [0, 0.1) is 0 Å². The third kappa shape index (κ3) is 7.20. The zero-order chi connectivity index (χ0) is 17.2. The van der Waals surface area contributed by atoms with E-state index >= 15 is 0 Å². The Balaban J connectivity index is 2.53. The van der Waals surface area contributed by atoms with Gasteiger partial charge in [-0.3, -0.25) is 0 Å². The van der Waals surface area contributed by atoms with Crippen molar-refractivity contribution < 1.29 is 10.2 Å². The van der Waals surface area contributed by atoms with Crippen molar-refractivity contribution in [2.45, 2.75) is 31.8 Å². The molecule has 5 nitrogen and oxygen atoms in total. The third-order valence-corrected chi connectivity index (χ3v) is 3.94. The summed E-state index contributed by atoms with van der Waals surface area (Å²) in [6, 6.07) is 6.20. The number of rotatable bonds is 11.